The number of Topliss-reactive ketones (excluding diaryl/α,β-unsaturated/α-hetero) is 1. The number of hydrogen-bond acceptors (Lipinski definition) is 8. The first-order chi connectivity index (χ1) is 16.2. The van der Waals surface area contributed by atoms with Crippen LogP contribution in [-0.4, -0.2) is 57.0 Å². The number of esters is 1. The van der Waals surface area contributed by atoms with Crippen LogP contribution in [0.15, 0.2) is 11.0 Å². The molecule has 2 fully saturated rings. The third kappa shape index (κ3) is 6.59. The molecule has 0 aliphatic carbocycles. The zero-order valence-corrected chi connectivity index (χ0v) is 22.9. The highest BCUT2D eigenvalue weighted by molar-refractivity contribution is 7.09. The average Bonchev–Trinajstić information content (AvgIpc) is 3.22. The van der Waals surface area contributed by atoms with E-state index < -0.39 is 35.6 Å². The van der Waals surface area contributed by atoms with Crippen molar-refractivity contribution in [1.29, 1.82) is 0 Å². The number of hydrogen-bond donors (Lipinski definition) is 2. The summed E-state index contributed by atoms with van der Waals surface area (Å²) in [5.74, 6) is -1.55. The standard InChI is InChI=1S/C27H41NO6S/c1-15-9-8-10-27(7)22(34-27)12-20(16(2)11-19-14-35-18(4)28-19)33-23(30)13-21(29)26(5,6)25(32)17(3)24(15)31/h11,14-15,17,20-22,24,29,31H,8-10,12-13H2,1-7H3/t15?,17-,20+,21+,22+,24+,27-/m1/s1. The number of epoxide rings is 1. The average molecular weight is 508 g/mol. The second-order valence-corrected chi connectivity index (χ2v) is 12.3. The fourth-order valence-electron chi connectivity index (χ4n) is 5.07. The first kappa shape index (κ1) is 28.0. The van der Waals surface area contributed by atoms with Crippen LogP contribution in [0, 0.1) is 24.2 Å². The van der Waals surface area contributed by atoms with Crippen molar-refractivity contribution in [3.63, 3.8) is 0 Å². The quantitative estimate of drug-likeness (QED) is 0.449. The Morgan fingerprint density at radius 2 is 1.91 bits per heavy atom. The Balaban J connectivity index is 1.85. The van der Waals surface area contributed by atoms with Gasteiger partial charge >= 0.3 is 5.97 Å². The molecule has 0 amide bonds. The van der Waals surface area contributed by atoms with E-state index in [2.05, 4.69) is 11.9 Å². The number of ether oxygens (including phenoxy) is 2. The van der Waals surface area contributed by atoms with Gasteiger partial charge in [0.15, 0.2) is 0 Å². The fourth-order valence-corrected chi connectivity index (χ4v) is 5.64. The Kier molecular flexibility index (Phi) is 8.62. The molecule has 0 saturated carbocycles. The van der Waals surface area contributed by atoms with E-state index >= 15 is 0 Å². The number of aryl methyl sites for hydroxylation is 1. The highest BCUT2D eigenvalue weighted by Crippen LogP contribution is 2.45. The Morgan fingerprint density at radius 3 is 2.54 bits per heavy atom. The molecule has 2 aliphatic heterocycles. The van der Waals surface area contributed by atoms with Crippen molar-refractivity contribution < 1.29 is 29.3 Å². The normalized spacial score (nSPS) is 37.5. The van der Waals surface area contributed by atoms with E-state index in [4.69, 9.17) is 9.47 Å². The molecule has 2 saturated heterocycles. The zero-order valence-electron chi connectivity index (χ0n) is 22.0. The van der Waals surface area contributed by atoms with E-state index in [1.165, 1.54) is 0 Å². The van der Waals surface area contributed by atoms with Gasteiger partial charge in [-0.15, -0.1) is 11.3 Å². The first-order valence-electron chi connectivity index (χ1n) is 12.6. The summed E-state index contributed by atoms with van der Waals surface area (Å²) in [6.07, 6.45) is 1.98. The maximum absolute atomic E-state index is 13.2. The summed E-state index contributed by atoms with van der Waals surface area (Å²) in [5.41, 5.74) is 0.179. The molecule has 0 radical (unpaired) electrons. The van der Waals surface area contributed by atoms with Crippen molar-refractivity contribution in [2.45, 2.75) is 111 Å². The minimum absolute atomic E-state index is 0.0455. The van der Waals surface area contributed by atoms with E-state index in [9.17, 15) is 19.8 Å². The number of aromatic nitrogens is 1. The third-order valence-corrected chi connectivity index (χ3v) is 8.72. The van der Waals surface area contributed by atoms with Crippen LogP contribution in [0.3, 0.4) is 0 Å². The van der Waals surface area contributed by atoms with Crippen LogP contribution in [0.2, 0.25) is 0 Å². The first-order valence-corrected chi connectivity index (χ1v) is 13.5. The van der Waals surface area contributed by atoms with E-state index in [1.54, 1.807) is 32.1 Å². The number of thiazole rings is 1. The van der Waals surface area contributed by atoms with E-state index in [-0.39, 0.29) is 29.8 Å². The number of nitrogens with zero attached hydrogens (tertiary/aromatic N) is 1. The molecule has 196 valence electrons. The van der Waals surface area contributed by atoms with Gasteiger partial charge in [-0.2, -0.15) is 0 Å². The summed E-state index contributed by atoms with van der Waals surface area (Å²) < 4.78 is 11.9. The minimum Gasteiger partial charge on any atom is -0.458 e. The summed E-state index contributed by atoms with van der Waals surface area (Å²) in [6.45, 7) is 12.8. The number of aliphatic hydroxyl groups is 2. The Bertz CT molecular complexity index is 955. The molecule has 3 heterocycles. The number of rotatable bonds is 2. The van der Waals surface area contributed by atoms with E-state index in [0.29, 0.717) is 6.42 Å². The molecule has 0 aromatic carbocycles. The Hall–Kier alpha value is -1.61. The van der Waals surface area contributed by atoms with Gasteiger partial charge in [0.1, 0.15) is 11.9 Å². The van der Waals surface area contributed by atoms with Gasteiger partial charge in [0.25, 0.3) is 0 Å². The lowest BCUT2D eigenvalue weighted by atomic mass is 9.73. The topological polar surface area (TPSA) is 109 Å². The Morgan fingerprint density at radius 1 is 1.23 bits per heavy atom. The number of ketones is 1. The van der Waals surface area contributed by atoms with Crippen molar-refractivity contribution in [3.8, 4) is 0 Å². The monoisotopic (exact) mass is 507 g/mol. The maximum Gasteiger partial charge on any atom is 0.309 e. The van der Waals surface area contributed by atoms with Gasteiger partial charge in [-0.05, 0) is 51.2 Å². The van der Waals surface area contributed by atoms with Crippen molar-refractivity contribution in [1.82, 2.24) is 4.98 Å². The molecule has 1 aromatic heterocycles. The molecular formula is C27H41NO6S. The predicted molar refractivity (Wildman–Crippen MR) is 136 cm³/mol. The lowest BCUT2D eigenvalue weighted by Crippen LogP contribution is -2.45. The van der Waals surface area contributed by atoms with Gasteiger partial charge < -0.3 is 19.7 Å². The minimum atomic E-state index is -1.23. The van der Waals surface area contributed by atoms with Crippen LogP contribution < -0.4 is 0 Å². The summed E-state index contributed by atoms with van der Waals surface area (Å²) in [4.78, 5) is 30.6. The second kappa shape index (κ2) is 10.8. The lowest BCUT2D eigenvalue weighted by molar-refractivity contribution is -0.154. The van der Waals surface area contributed by atoms with E-state index in [0.717, 1.165) is 35.5 Å². The van der Waals surface area contributed by atoms with Crippen LogP contribution in [0.4, 0.5) is 0 Å². The highest BCUT2D eigenvalue weighted by Gasteiger charge is 2.53. The van der Waals surface area contributed by atoms with Crippen LogP contribution >= 0.6 is 11.3 Å². The molecule has 0 bridgehead atoms. The van der Waals surface area contributed by atoms with Crippen molar-refractivity contribution in [3.05, 3.63) is 21.7 Å². The van der Waals surface area contributed by atoms with Gasteiger partial charge in [0.2, 0.25) is 0 Å². The van der Waals surface area contributed by atoms with Crippen LogP contribution in [0.25, 0.3) is 6.08 Å². The molecule has 35 heavy (non-hydrogen) atoms. The second-order valence-electron chi connectivity index (χ2n) is 11.3. The van der Waals surface area contributed by atoms with Crippen LogP contribution in [0.5, 0.6) is 0 Å². The number of aliphatic hydroxyl groups excluding tert-OH is 2. The lowest BCUT2D eigenvalue weighted by Gasteiger charge is -2.34. The zero-order chi connectivity index (χ0) is 26.1. The highest BCUT2D eigenvalue weighted by atomic mass is 32.1. The van der Waals surface area contributed by atoms with E-state index in [1.807, 2.05) is 32.2 Å². The van der Waals surface area contributed by atoms with Crippen LogP contribution in [-0.2, 0) is 19.1 Å². The molecule has 3 rings (SSSR count). The molecule has 2 aliphatic rings. The van der Waals surface area contributed by atoms with Gasteiger partial charge in [0.05, 0.1) is 46.5 Å². The summed E-state index contributed by atoms with van der Waals surface area (Å²) in [5, 5.41) is 24.6. The van der Waals surface area contributed by atoms with Crippen LogP contribution in [0.1, 0.15) is 84.3 Å². The van der Waals surface area contributed by atoms with Gasteiger partial charge in [-0.1, -0.05) is 34.1 Å². The SMILES string of the molecule is CC(=Cc1csc(C)n1)[C@@H]1C[C@@H]2O[C@]2(C)CCCC(C)[C@H](O)[C@@H](C)C(=O)C(C)(C)[C@@H](O)CC(=O)O1. The number of fused-ring (bicyclic) bond motifs is 1. The van der Waals surface area contributed by atoms with Gasteiger partial charge in [-0.3, -0.25) is 9.59 Å². The molecular weight excluding hydrogens is 466 g/mol. The predicted octanol–water partition coefficient (Wildman–Crippen LogP) is 4.48. The molecule has 1 aromatic rings. The molecule has 0 spiro atoms. The fraction of sp³-hybridized carbons (Fsp3) is 0.741. The molecule has 2 N–H and O–H groups in total. The van der Waals surface area contributed by atoms with Crippen molar-refractivity contribution >= 4 is 29.2 Å². The third-order valence-electron chi connectivity index (χ3n) is 7.93. The smallest absolute Gasteiger partial charge is 0.309 e. The van der Waals surface area contributed by atoms with Gasteiger partial charge in [-0.25, -0.2) is 4.98 Å². The number of cyclic esters (lactones) is 1. The number of carbonyl (C=O) groups excluding carboxylic acids is 2. The summed E-state index contributed by atoms with van der Waals surface area (Å²) in [6, 6.07) is 0. The Labute approximate surface area is 212 Å². The summed E-state index contributed by atoms with van der Waals surface area (Å²) >= 11 is 1.56. The van der Waals surface area contributed by atoms with Gasteiger partial charge in [0, 0.05) is 17.7 Å². The van der Waals surface area contributed by atoms with Crippen molar-refractivity contribution in [2.75, 3.05) is 0 Å². The largest absolute Gasteiger partial charge is 0.458 e. The number of carbonyl (C=O) groups is 2. The molecule has 7 nitrogen and oxygen atoms in total. The molecule has 7 atom stereocenters. The maximum atomic E-state index is 13.2. The molecule has 1 unspecified atom stereocenters. The summed E-state index contributed by atoms with van der Waals surface area (Å²) in [7, 11) is 0. The van der Waals surface area contributed by atoms with Crippen molar-refractivity contribution in [2.24, 2.45) is 17.3 Å². The molecule has 8 heteroatoms.